The molecule has 3 aromatic rings. The number of hydrogen-bond acceptors (Lipinski definition) is 4. The highest BCUT2D eigenvalue weighted by atomic mass is 35.5. The smallest absolute Gasteiger partial charge is 0.184 e. The lowest BCUT2D eigenvalue weighted by Gasteiger charge is -2.12. The first kappa shape index (κ1) is 16.5. The van der Waals surface area contributed by atoms with Gasteiger partial charge in [0.05, 0.1) is 17.9 Å². The van der Waals surface area contributed by atoms with E-state index in [-0.39, 0.29) is 18.1 Å². The van der Waals surface area contributed by atoms with Gasteiger partial charge in [-0.15, -0.1) is 0 Å². The number of aromatic nitrogens is 2. The topological polar surface area (TPSA) is 74.2 Å². The van der Waals surface area contributed by atoms with Crippen molar-refractivity contribution < 1.29 is 9.50 Å². The van der Waals surface area contributed by atoms with Crippen LogP contribution in [0.2, 0.25) is 5.02 Å². The Morgan fingerprint density at radius 3 is 2.81 bits per heavy atom. The van der Waals surface area contributed by atoms with E-state index in [2.05, 4.69) is 9.98 Å². The number of nitriles is 1. The van der Waals surface area contributed by atoms with Gasteiger partial charge >= 0.3 is 0 Å². The Kier molecular flexibility index (Phi) is 4.03. The summed E-state index contributed by atoms with van der Waals surface area (Å²) in [6.07, 6.45) is 0.274. The standard InChI is InChI=1S/C19H12ClFN4O/c20-11-5-6-16-13(7-11)19(12-3-1-2-4-14(12)21)23-9-18-24-15(10-25(16)18)17(26)8-22/h1-7,10,17,26H,9H2/t17-/m0/s1. The molecule has 2 aromatic carbocycles. The van der Waals surface area contributed by atoms with E-state index in [1.54, 1.807) is 53.2 Å². The predicted octanol–water partition coefficient (Wildman–Crippen LogP) is 3.57. The van der Waals surface area contributed by atoms with Crippen molar-refractivity contribution in [3.8, 4) is 11.8 Å². The molecule has 0 unspecified atom stereocenters. The summed E-state index contributed by atoms with van der Waals surface area (Å²) in [4.78, 5) is 8.86. The number of aliphatic hydroxyl groups excluding tert-OH is 1. The normalized spacial score (nSPS) is 13.8. The zero-order valence-corrected chi connectivity index (χ0v) is 14.2. The van der Waals surface area contributed by atoms with Crippen molar-refractivity contribution in [2.24, 2.45) is 4.99 Å². The second-order valence-electron chi connectivity index (χ2n) is 5.79. The number of hydrogen-bond donors (Lipinski definition) is 1. The van der Waals surface area contributed by atoms with Crippen LogP contribution in [0.15, 0.2) is 53.7 Å². The molecule has 0 radical (unpaired) electrons. The van der Waals surface area contributed by atoms with Crippen LogP contribution in [0.1, 0.15) is 28.7 Å². The first-order chi connectivity index (χ1) is 12.6. The third-order valence-electron chi connectivity index (χ3n) is 4.18. The van der Waals surface area contributed by atoms with Crippen LogP contribution in [0.4, 0.5) is 4.39 Å². The molecule has 1 aromatic heterocycles. The zero-order chi connectivity index (χ0) is 18.3. The van der Waals surface area contributed by atoms with Gasteiger partial charge in [-0.2, -0.15) is 5.26 Å². The minimum Gasteiger partial charge on any atom is -0.373 e. The number of fused-ring (bicyclic) bond motifs is 3. The molecule has 1 atom stereocenters. The predicted molar refractivity (Wildman–Crippen MR) is 94.9 cm³/mol. The molecule has 2 heterocycles. The van der Waals surface area contributed by atoms with Crippen molar-refractivity contribution in [3.05, 3.63) is 82.1 Å². The molecule has 5 nitrogen and oxygen atoms in total. The van der Waals surface area contributed by atoms with Gasteiger partial charge in [0.1, 0.15) is 23.4 Å². The first-order valence-electron chi connectivity index (χ1n) is 7.84. The lowest BCUT2D eigenvalue weighted by Crippen LogP contribution is -2.09. The van der Waals surface area contributed by atoms with E-state index in [1.807, 2.05) is 0 Å². The Morgan fingerprint density at radius 1 is 1.23 bits per heavy atom. The van der Waals surface area contributed by atoms with Crippen molar-refractivity contribution in [2.75, 3.05) is 0 Å². The van der Waals surface area contributed by atoms with E-state index in [9.17, 15) is 9.50 Å². The van der Waals surface area contributed by atoms with Crippen molar-refractivity contribution in [1.82, 2.24) is 9.55 Å². The molecule has 1 aliphatic heterocycles. The van der Waals surface area contributed by atoms with Gasteiger partial charge < -0.3 is 9.67 Å². The lowest BCUT2D eigenvalue weighted by atomic mass is 10.00. The summed E-state index contributed by atoms with van der Waals surface area (Å²) >= 11 is 6.17. The highest BCUT2D eigenvalue weighted by molar-refractivity contribution is 6.31. The molecular weight excluding hydrogens is 355 g/mol. The van der Waals surface area contributed by atoms with Gasteiger partial charge in [0.2, 0.25) is 0 Å². The summed E-state index contributed by atoms with van der Waals surface area (Å²) < 4.78 is 16.1. The zero-order valence-electron chi connectivity index (χ0n) is 13.4. The molecule has 4 rings (SSSR count). The average molecular weight is 367 g/mol. The van der Waals surface area contributed by atoms with Crippen LogP contribution < -0.4 is 0 Å². The number of imidazole rings is 1. The van der Waals surface area contributed by atoms with Gasteiger partial charge in [0, 0.05) is 22.3 Å². The molecule has 7 heteroatoms. The van der Waals surface area contributed by atoms with Gasteiger partial charge in [-0.3, -0.25) is 4.99 Å². The Labute approximate surface area is 153 Å². The molecule has 26 heavy (non-hydrogen) atoms. The summed E-state index contributed by atoms with van der Waals surface area (Å²) in [6.45, 7) is 0.175. The number of benzene rings is 2. The van der Waals surface area contributed by atoms with Crippen LogP contribution in [0.25, 0.3) is 5.69 Å². The quantitative estimate of drug-likeness (QED) is 0.704. The molecule has 128 valence electrons. The maximum atomic E-state index is 14.4. The van der Waals surface area contributed by atoms with Crippen molar-refractivity contribution >= 4 is 17.3 Å². The van der Waals surface area contributed by atoms with Crippen LogP contribution in [-0.2, 0) is 6.54 Å². The van der Waals surface area contributed by atoms with Crippen molar-refractivity contribution in [3.63, 3.8) is 0 Å². The third kappa shape index (κ3) is 2.68. The Bertz CT molecular complexity index is 1080. The molecule has 1 N–H and O–H groups in total. The third-order valence-corrected chi connectivity index (χ3v) is 4.42. The van der Waals surface area contributed by atoms with E-state index in [0.29, 0.717) is 33.4 Å². The number of halogens is 2. The van der Waals surface area contributed by atoms with Crippen LogP contribution in [0.5, 0.6) is 0 Å². The van der Waals surface area contributed by atoms with Crippen LogP contribution in [-0.4, -0.2) is 20.4 Å². The highest BCUT2D eigenvalue weighted by Crippen LogP contribution is 2.29. The Hall–Kier alpha value is -3.01. The fraction of sp³-hybridized carbons (Fsp3) is 0.105. The minimum atomic E-state index is -1.32. The van der Waals surface area contributed by atoms with E-state index in [4.69, 9.17) is 16.9 Å². The average Bonchev–Trinajstić information content (AvgIpc) is 3.01. The summed E-state index contributed by atoms with van der Waals surface area (Å²) in [7, 11) is 0. The van der Waals surface area contributed by atoms with Gasteiger partial charge in [-0.05, 0) is 30.3 Å². The molecule has 0 fully saturated rings. The van der Waals surface area contributed by atoms with Crippen molar-refractivity contribution in [1.29, 1.82) is 5.26 Å². The van der Waals surface area contributed by atoms with Gasteiger partial charge in [-0.25, -0.2) is 9.37 Å². The minimum absolute atomic E-state index is 0.175. The molecule has 0 bridgehead atoms. The number of nitrogens with zero attached hydrogens (tertiary/aromatic N) is 4. The van der Waals surface area contributed by atoms with E-state index < -0.39 is 6.10 Å². The highest BCUT2D eigenvalue weighted by Gasteiger charge is 2.23. The SMILES string of the molecule is N#C[C@H](O)c1cn2c(n1)CN=C(c1ccccc1F)c1cc(Cl)ccc1-2. The molecule has 0 saturated heterocycles. The molecule has 0 spiro atoms. The Morgan fingerprint density at radius 2 is 2.04 bits per heavy atom. The summed E-state index contributed by atoms with van der Waals surface area (Å²) in [5.41, 5.74) is 2.45. The van der Waals surface area contributed by atoms with Gasteiger partial charge in [-0.1, -0.05) is 23.7 Å². The van der Waals surface area contributed by atoms with E-state index >= 15 is 0 Å². The van der Waals surface area contributed by atoms with Crippen molar-refractivity contribution in [2.45, 2.75) is 12.6 Å². The van der Waals surface area contributed by atoms with Crippen LogP contribution in [0, 0.1) is 17.1 Å². The second-order valence-corrected chi connectivity index (χ2v) is 6.23. The van der Waals surface area contributed by atoms with Crippen LogP contribution in [0.3, 0.4) is 0 Å². The Balaban J connectivity index is 1.95. The largest absolute Gasteiger partial charge is 0.373 e. The first-order valence-corrected chi connectivity index (χ1v) is 8.22. The second kappa shape index (κ2) is 6.37. The summed E-state index contributed by atoms with van der Waals surface area (Å²) in [5, 5.41) is 19.2. The summed E-state index contributed by atoms with van der Waals surface area (Å²) in [6, 6.07) is 13.4. The summed E-state index contributed by atoms with van der Waals surface area (Å²) in [5.74, 6) is 0.168. The number of aliphatic hydroxyl groups is 1. The maximum Gasteiger partial charge on any atom is 0.184 e. The molecular formula is C19H12ClFN4O. The van der Waals surface area contributed by atoms with Crippen LogP contribution >= 0.6 is 11.6 Å². The molecule has 0 saturated carbocycles. The lowest BCUT2D eigenvalue weighted by molar-refractivity contribution is 0.231. The van der Waals surface area contributed by atoms with Gasteiger partial charge in [0.25, 0.3) is 0 Å². The fourth-order valence-corrected chi connectivity index (χ4v) is 3.16. The maximum absolute atomic E-state index is 14.4. The fourth-order valence-electron chi connectivity index (χ4n) is 2.98. The van der Waals surface area contributed by atoms with E-state index in [0.717, 1.165) is 0 Å². The molecule has 0 amide bonds. The monoisotopic (exact) mass is 366 g/mol. The molecule has 1 aliphatic rings. The number of aliphatic imine (C=N–C) groups is 1. The molecule has 0 aliphatic carbocycles. The van der Waals surface area contributed by atoms with Gasteiger partial charge in [0.15, 0.2) is 6.10 Å². The van der Waals surface area contributed by atoms with E-state index in [1.165, 1.54) is 6.07 Å². The number of rotatable bonds is 2.